The third-order valence-corrected chi connectivity index (χ3v) is 6.48. The summed E-state index contributed by atoms with van der Waals surface area (Å²) in [7, 11) is -1.97. The van der Waals surface area contributed by atoms with Gasteiger partial charge in [0.05, 0.1) is 17.2 Å². The number of benzene rings is 1. The largest absolute Gasteiger partial charge is 0.337 e. The normalized spacial score (nSPS) is 12.0. The van der Waals surface area contributed by atoms with Gasteiger partial charge in [-0.2, -0.15) is 9.29 Å². The molecule has 0 atom stereocenters. The van der Waals surface area contributed by atoms with E-state index in [4.69, 9.17) is 4.52 Å². The van der Waals surface area contributed by atoms with Gasteiger partial charge < -0.3 is 4.52 Å². The van der Waals surface area contributed by atoms with Gasteiger partial charge >= 0.3 is 0 Å². The van der Waals surface area contributed by atoms with Crippen LogP contribution in [-0.2, 0) is 22.3 Å². The van der Waals surface area contributed by atoms with Crippen molar-refractivity contribution >= 4 is 37.3 Å². The first-order valence-electron chi connectivity index (χ1n) is 6.99. The second-order valence-electron chi connectivity index (χ2n) is 5.13. The third kappa shape index (κ3) is 4.10. The summed E-state index contributed by atoms with van der Waals surface area (Å²) in [6.07, 6.45) is 0. The van der Waals surface area contributed by atoms with E-state index in [1.807, 2.05) is 29.6 Å². The molecule has 6 nitrogen and oxygen atoms in total. The maximum absolute atomic E-state index is 12.5. The molecule has 0 unspecified atom stereocenters. The maximum Gasteiger partial charge on any atom is 0.242 e. The number of rotatable bonds is 6. The molecule has 0 aliphatic rings. The number of nitrogens with zero attached hydrogens (tertiary/aromatic N) is 3. The number of hydrogen-bond donors (Lipinski definition) is 0. The summed E-state index contributed by atoms with van der Waals surface area (Å²) in [4.78, 5) is 5.13. The molecule has 2 aromatic heterocycles. The Bertz CT molecular complexity index is 906. The van der Waals surface area contributed by atoms with Crippen molar-refractivity contribution in [3.8, 4) is 10.7 Å². The molecular weight excluding hydrogens is 414 g/mol. The van der Waals surface area contributed by atoms with Crippen molar-refractivity contribution in [1.82, 2.24) is 14.4 Å². The lowest BCUT2D eigenvalue weighted by atomic mass is 10.2. The number of halogens is 1. The van der Waals surface area contributed by atoms with Crippen molar-refractivity contribution < 1.29 is 12.9 Å². The SMILES string of the molecule is CN(Cc1nc(-c2cccs2)no1)S(=O)(=O)Cc1ccc(Br)cc1. The summed E-state index contributed by atoms with van der Waals surface area (Å²) in [6.45, 7) is 0.0389. The van der Waals surface area contributed by atoms with Gasteiger partial charge in [0.2, 0.25) is 21.7 Å². The molecule has 1 aromatic carbocycles. The molecule has 2 heterocycles. The smallest absolute Gasteiger partial charge is 0.242 e. The molecule has 3 aromatic rings. The van der Waals surface area contributed by atoms with E-state index in [-0.39, 0.29) is 18.2 Å². The first kappa shape index (κ1) is 17.3. The zero-order valence-electron chi connectivity index (χ0n) is 12.7. The highest BCUT2D eigenvalue weighted by molar-refractivity contribution is 9.10. The van der Waals surface area contributed by atoms with Crippen LogP contribution in [-0.4, -0.2) is 29.9 Å². The highest BCUT2D eigenvalue weighted by Gasteiger charge is 2.21. The van der Waals surface area contributed by atoms with E-state index in [9.17, 15) is 8.42 Å². The topological polar surface area (TPSA) is 76.3 Å². The Morgan fingerprint density at radius 2 is 2.00 bits per heavy atom. The Balaban J connectivity index is 1.69. The number of aromatic nitrogens is 2. The van der Waals surface area contributed by atoms with Crippen LogP contribution >= 0.6 is 27.3 Å². The fourth-order valence-electron chi connectivity index (χ4n) is 2.02. The van der Waals surface area contributed by atoms with Crippen LogP contribution in [0.25, 0.3) is 10.7 Å². The van der Waals surface area contributed by atoms with E-state index in [0.717, 1.165) is 14.9 Å². The molecule has 0 aliphatic carbocycles. The molecule has 0 saturated heterocycles. The Morgan fingerprint density at radius 3 is 2.67 bits per heavy atom. The highest BCUT2D eigenvalue weighted by Crippen LogP contribution is 2.22. The van der Waals surface area contributed by atoms with Gasteiger partial charge in [-0.25, -0.2) is 8.42 Å². The van der Waals surface area contributed by atoms with Crippen LogP contribution < -0.4 is 0 Å². The number of thiophene rings is 1. The van der Waals surface area contributed by atoms with Crippen LogP contribution in [0.4, 0.5) is 0 Å². The molecule has 0 saturated carbocycles. The number of hydrogen-bond acceptors (Lipinski definition) is 6. The van der Waals surface area contributed by atoms with Gasteiger partial charge in [-0.05, 0) is 29.1 Å². The van der Waals surface area contributed by atoms with E-state index in [1.165, 1.54) is 22.7 Å². The van der Waals surface area contributed by atoms with Crippen LogP contribution in [0, 0.1) is 0 Å². The van der Waals surface area contributed by atoms with Crippen LogP contribution in [0.1, 0.15) is 11.5 Å². The lowest BCUT2D eigenvalue weighted by molar-refractivity contribution is 0.336. The predicted molar refractivity (Wildman–Crippen MR) is 95.8 cm³/mol. The monoisotopic (exact) mass is 427 g/mol. The second kappa shape index (κ2) is 7.14. The fourth-order valence-corrected chi connectivity index (χ4v) is 4.07. The molecule has 0 fully saturated rings. The Kier molecular flexibility index (Phi) is 5.14. The quantitative estimate of drug-likeness (QED) is 0.601. The molecule has 0 N–H and O–H groups in total. The van der Waals surface area contributed by atoms with Crippen LogP contribution in [0.3, 0.4) is 0 Å². The van der Waals surface area contributed by atoms with Gasteiger partial charge in [-0.15, -0.1) is 11.3 Å². The van der Waals surface area contributed by atoms with E-state index >= 15 is 0 Å². The van der Waals surface area contributed by atoms with Crippen LogP contribution in [0.15, 0.2) is 50.8 Å². The summed E-state index contributed by atoms with van der Waals surface area (Å²) < 4.78 is 32.2. The lowest BCUT2D eigenvalue weighted by Crippen LogP contribution is -2.27. The first-order valence-corrected chi connectivity index (χ1v) is 10.3. The molecule has 0 spiro atoms. The van der Waals surface area contributed by atoms with Gasteiger partial charge in [-0.3, -0.25) is 0 Å². The maximum atomic E-state index is 12.5. The Labute approximate surface area is 152 Å². The molecule has 0 aliphatic heterocycles. The van der Waals surface area contributed by atoms with E-state index in [0.29, 0.717) is 5.82 Å². The Hall–Kier alpha value is -1.55. The molecule has 0 amide bonds. The predicted octanol–water partition coefficient (Wildman–Crippen LogP) is 3.52. The van der Waals surface area contributed by atoms with Crippen molar-refractivity contribution in [2.75, 3.05) is 7.05 Å². The minimum Gasteiger partial charge on any atom is -0.337 e. The van der Waals surface area contributed by atoms with Crippen molar-refractivity contribution in [3.05, 3.63) is 57.7 Å². The molecule has 24 heavy (non-hydrogen) atoms. The van der Waals surface area contributed by atoms with Gasteiger partial charge in [0.15, 0.2) is 0 Å². The standard InChI is InChI=1S/C15H14BrN3O3S2/c1-19(24(20,21)10-11-4-6-12(16)7-5-11)9-14-17-15(18-22-14)13-3-2-8-23-13/h2-8H,9-10H2,1H3. The van der Waals surface area contributed by atoms with E-state index < -0.39 is 10.0 Å². The molecule has 0 radical (unpaired) electrons. The van der Waals surface area contributed by atoms with Gasteiger partial charge in [-0.1, -0.05) is 39.3 Å². The minimum absolute atomic E-state index is 0.0389. The number of sulfonamides is 1. The summed E-state index contributed by atoms with van der Waals surface area (Å²) >= 11 is 4.83. The lowest BCUT2D eigenvalue weighted by Gasteiger charge is -2.15. The summed E-state index contributed by atoms with van der Waals surface area (Å²) in [5, 5.41) is 5.80. The highest BCUT2D eigenvalue weighted by atomic mass is 79.9. The van der Waals surface area contributed by atoms with E-state index in [2.05, 4.69) is 26.1 Å². The van der Waals surface area contributed by atoms with E-state index in [1.54, 1.807) is 12.1 Å². The van der Waals surface area contributed by atoms with Crippen molar-refractivity contribution in [2.24, 2.45) is 0 Å². The van der Waals surface area contributed by atoms with Crippen LogP contribution in [0.2, 0.25) is 0 Å². The molecule has 9 heteroatoms. The first-order chi connectivity index (χ1) is 11.4. The summed E-state index contributed by atoms with van der Waals surface area (Å²) in [5.74, 6) is 0.655. The van der Waals surface area contributed by atoms with Crippen molar-refractivity contribution in [1.29, 1.82) is 0 Å². The molecule has 0 bridgehead atoms. The van der Waals surface area contributed by atoms with Gasteiger partial charge in [0.1, 0.15) is 0 Å². The molecule has 3 rings (SSSR count). The zero-order chi connectivity index (χ0) is 17.2. The third-order valence-electron chi connectivity index (χ3n) is 3.30. The molecular formula is C15H14BrN3O3S2. The second-order valence-corrected chi connectivity index (χ2v) is 9.07. The average Bonchev–Trinajstić information content (AvgIpc) is 3.20. The van der Waals surface area contributed by atoms with Crippen molar-refractivity contribution in [2.45, 2.75) is 12.3 Å². The summed E-state index contributed by atoms with van der Waals surface area (Å²) in [6, 6.07) is 11.0. The van der Waals surface area contributed by atoms with Gasteiger partial charge in [0.25, 0.3) is 0 Å². The minimum atomic E-state index is -3.48. The summed E-state index contributed by atoms with van der Waals surface area (Å²) in [5.41, 5.74) is 0.717. The molecule has 126 valence electrons. The fraction of sp³-hybridized carbons (Fsp3) is 0.200. The van der Waals surface area contributed by atoms with Crippen LogP contribution in [0.5, 0.6) is 0 Å². The van der Waals surface area contributed by atoms with Crippen molar-refractivity contribution in [3.63, 3.8) is 0 Å². The van der Waals surface area contributed by atoms with Gasteiger partial charge in [0, 0.05) is 11.5 Å². The Morgan fingerprint density at radius 1 is 1.25 bits per heavy atom. The average molecular weight is 428 g/mol. The zero-order valence-corrected chi connectivity index (χ0v) is 15.9.